The maximum absolute atomic E-state index is 12.0. The highest BCUT2D eigenvalue weighted by molar-refractivity contribution is 5.97. The number of pyridine rings is 1. The summed E-state index contributed by atoms with van der Waals surface area (Å²) in [7, 11) is 0. The molecular weight excluding hydrogens is 230 g/mol. The molecule has 1 amide bonds. The molecule has 1 saturated heterocycles. The van der Waals surface area contributed by atoms with Gasteiger partial charge in [0.25, 0.3) is 5.91 Å². The van der Waals surface area contributed by atoms with Crippen LogP contribution in [-0.4, -0.2) is 28.0 Å². The van der Waals surface area contributed by atoms with Gasteiger partial charge in [-0.15, -0.1) is 0 Å². The first kappa shape index (κ1) is 11.2. The van der Waals surface area contributed by atoms with Crippen LogP contribution in [0.4, 0.5) is 5.69 Å². The van der Waals surface area contributed by atoms with Crippen molar-refractivity contribution in [2.24, 2.45) is 0 Å². The number of carbonyl (C=O) groups is 1. The summed E-state index contributed by atoms with van der Waals surface area (Å²) in [6, 6.07) is 3.74. The fourth-order valence-electron chi connectivity index (χ4n) is 2.23. The van der Waals surface area contributed by atoms with E-state index in [9.17, 15) is 4.79 Å². The monoisotopic (exact) mass is 245 g/mol. The number of imidazole rings is 1. The van der Waals surface area contributed by atoms with Crippen LogP contribution in [0, 0.1) is 6.92 Å². The predicted octanol–water partition coefficient (Wildman–Crippen LogP) is 1.76. The maximum atomic E-state index is 12.0. The van der Waals surface area contributed by atoms with Crippen molar-refractivity contribution < 1.29 is 9.53 Å². The Morgan fingerprint density at radius 1 is 1.61 bits per heavy atom. The van der Waals surface area contributed by atoms with Gasteiger partial charge in [0, 0.05) is 19.0 Å². The molecule has 1 N–H and O–H groups in total. The zero-order chi connectivity index (χ0) is 12.5. The summed E-state index contributed by atoms with van der Waals surface area (Å²) >= 11 is 0. The Hall–Kier alpha value is -1.88. The number of nitrogens with one attached hydrogen (secondary N) is 1. The maximum Gasteiger partial charge on any atom is 0.253 e. The van der Waals surface area contributed by atoms with E-state index in [1.165, 1.54) is 0 Å². The fraction of sp³-hybridized carbons (Fsp3) is 0.385. The van der Waals surface area contributed by atoms with Crippen LogP contribution < -0.4 is 5.32 Å². The van der Waals surface area contributed by atoms with Crippen LogP contribution in [-0.2, 0) is 9.53 Å². The van der Waals surface area contributed by atoms with Gasteiger partial charge in [-0.1, -0.05) is 0 Å². The van der Waals surface area contributed by atoms with Crippen molar-refractivity contribution in [2.75, 3.05) is 11.9 Å². The molecule has 1 unspecified atom stereocenters. The SMILES string of the molecule is Cc1cn2cccc(NC(=O)C3CCCO3)c2n1. The molecule has 0 aromatic carbocycles. The molecule has 0 spiro atoms. The third kappa shape index (κ3) is 1.97. The normalized spacial score (nSPS) is 19.3. The molecule has 0 aliphatic carbocycles. The lowest BCUT2D eigenvalue weighted by Crippen LogP contribution is -2.27. The van der Waals surface area contributed by atoms with Crippen LogP contribution in [0.1, 0.15) is 18.5 Å². The molecule has 0 radical (unpaired) electrons. The topological polar surface area (TPSA) is 55.6 Å². The Morgan fingerprint density at radius 3 is 3.28 bits per heavy atom. The minimum Gasteiger partial charge on any atom is -0.368 e. The van der Waals surface area contributed by atoms with E-state index in [4.69, 9.17) is 4.74 Å². The largest absolute Gasteiger partial charge is 0.368 e. The van der Waals surface area contributed by atoms with Gasteiger partial charge < -0.3 is 14.5 Å². The standard InChI is InChI=1S/C13H15N3O2/c1-9-8-16-6-2-4-10(12(16)14-9)15-13(17)11-5-3-7-18-11/h2,4,6,8,11H,3,5,7H2,1H3,(H,15,17). The van der Waals surface area contributed by atoms with E-state index in [0.29, 0.717) is 6.61 Å². The van der Waals surface area contributed by atoms with Gasteiger partial charge in [0.1, 0.15) is 6.10 Å². The molecule has 2 aromatic rings. The summed E-state index contributed by atoms with van der Waals surface area (Å²) in [5.74, 6) is -0.0822. The van der Waals surface area contributed by atoms with Crippen molar-refractivity contribution in [1.29, 1.82) is 0 Å². The Kier molecular flexibility index (Phi) is 2.76. The van der Waals surface area contributed by atoms with Crippen LogP contribution in [0.15, 0.2) is 24.5 Å². The fourth-order valence-corrected chi connectivity index (χ4v) is 2.23. The number of hydrogen-bond donors (Lipinski definition) is 1. The molecule has 1 fully saturated rings. The summed E-state index contributed by atoms with van der Waals surface area (Å²) in [6.45, 7) is 2.60. The number of rotatable bonds is 2. The van der Waals surface area contributed by atoms with E-state index in [2.05, 4.69) is 10.3 Å². The van der Waals surface area contributed by atoms with Gasteiger partial charge in [0.2, 0.25) is 0 Å². The molecule has 0 saturated carbocycles. The second kappa shape index (κ2) is 4.42. The first-order valence-electron chi connectivity index (χ1n) is 6.11. The third-order valence-corrected chi connectivity index (χ3v) is 3.08. The molecular formula is C13H15N3O2. The second-order valence-electron chi connectivity index (χ2n) is 4.53. The number of aryl methyl sites for hydroxylation is 1. The molecule has 3 heterocycles. The Labute approximate surface area is 105 Å². The predicted molar refractivity (Wildman–Crippen MR) is 67.5 cm³/mol. The molecule has 1 aliphatic heterocycles. The molecule has 0 bridgehead atoms. The molecule has 1 atom stereocenters. The van der Waals surface area contributed by atoms with Gasteiger partial charge in [-0.3, -0.25) is 4.79 Å². The van der Waals surface area contributed by atoms with Crippen LogP contribution in [0.2, 0.25) is 0 Å². The van der Waals surface area contributed by atoms with Gasteiger partial charge in [-0.25, -0.2) is 4.98 Å². The van der Waals surface area contributed by atoms with Gasteiger partial charge in [-0.05, 0) is 31.9 Å². The van der Waals surface area contributed by atoms with E-state index in [1.54, 1.807) is 0 Å². The second-order valence-corrected chi connectivity index (χ2v) is 4.53. The number of anilines is 1. The van der Waals surface area contributed by atoms with Crippen molar-refractivity contribution in [3.05, 3.63) is 30.2 Å². The van der Waals surface area contributed by atoms with Gasteiger partial charge in [0.05, 0.1) is 11.4 Å². The molecule has 2 aromatic heterocycles. The number of aromatic nitrogens is 2. The smallest absolute Gasteiger partial charge is 0.253 e. The zero-order valence-corrected chi connectivity index (χ0v) is 10.2. The van der Waals surface area contributed by atoms with Gasteiger partial charge in [-0.2, -0.15) is 0 Å². The third-order valence-electron chi connectivity index (χ3n) is 3.08. The van der Waals surface area contributed by atoms with E-state index in [0.717, 1.165) is 29.9 Å². The van der Waals surface area contributed by atoms with Crippen molar-refractivity contribution in [2.45, 2.75) is 25.9 Å². The highest BCUT2D eigenvalue weighted by atomic mass is 16.5. The highest BCUT2D eigenvalue weighted by Gasteiger charge is 2.24. The highest BCUT2D eigenvalue weighted by Crippen LogP contribution is 2.19. The number of ether oxygens (including phenoxy) is 1. The van der Waals surface area contributed by atoms with E-state index in [1.807, 2.05) is 35.9 Å². The number of amides is 1. The Balaban J connectivity index is 1.87. The average Bonchev–Trinajstić information content (AvgIpc) is 2.96. The molecule has 3 rings (SSSR count). The minimum absolute atomic E-state index is 0.0822. The van der Waals surface area contributed by atoms with Crippen LogP contribution in [0.5, 0.6) is 0 Å². The molecule has 18 heavy (non-hydrogen) atoms. The first-order chi connectivity index (χ1) is 8.74. The molecule has 1 aliphatic rings. The summed E-state index contributed by atoms with van der Waals surface area (Å²) in [5, 5.41) is 2.89. The van der Waals surface area contributed by atoms with Crippen LogP contribution in [0.3, 0.4) is 0 Å². The number of nitrogens with zero attached hydrogens (tertiary/aromatic N) is 2. The van der Waals surface area contributed by atoms with E-state index >= 15 is 0 Å². The zero-order valence-electron chi connectivity index (χ0n) is 10.2. The lowest BCUT2D eigenvalue weighted by molar-refractivity contribution is -0.124. The Morgan fingerprint density at radius 2 is 2.50 bits per heavy atom. The number of fused-ring (bicyclic) bond motifs is 1. The van der Waals surface area contributed by atoms with Crippen LogP contribution >= 0.6 is 0 Å². The van der Waals surface area contributed by atoms with Gasteiger partial charge >= 0.3 is 0 Å². The van der Waals surface area contributed by atoms with Crippen molar-refractivity contribution >= 4 is 17.2 Å². The average molecular weight is 245 g/mol. The Bertz CT molecular complexity index is 585. The summed E-state index contributed by atoms with van der Waals surface area (Å²) in [5.41, 5.74) is 2.42. The van der Waals surface area contributed by atoms with E-state index in [-0.39, 0.29) is 12.0 Å². The lowest BCUT2D eigenvalue weighted by atomic mass is 10.2. The van der Waals surface area contributed by atoms with Crippen molar-refractivity contribution in [3.63, 3.8) is 0 Å². The quantitative estimate of drug-likeness (QED) is 0.877. The van der Waals surface area contributed by atoms with E-state index < -0.39 is 0 Å². The summed E-state index contributed by atoms with van der Waals surface area (Å²) in [4.78, 5) is 16.4. The molecule has 5 nitrogen and oxygen atoms in total. The van der Waals surface area contributed by atoms with Crippen molar-refractivity contribution in [1.82, 2.24) is 9.38 Å². The molecule has 5 heteroatoms. The molecule has 94 valence electrons. The van der Waals surface area contributed by atoms with Crippen molar-refractivity contribution in [3.8, 4) is 0 Å². The summed E-state index contributed by atoms with van der Waals surface area (Å²) in [6.07, 6.45) is 5.27. The van der Waals surface area contributed by atoms with Gasteiger partial charge in [0.15, 0.2) is 5.65 Å². The summed E-state index contributed by atoms with van der Waals surface area (Å²) < 4.78 is 7.27. The lowest BCUT2D eigenvalue weighted by Gasteiger charge is -2.10. The number of carbonyl (C=O) groups excluding carboxylic acids is 1. The number of hydrogen-bond acceptors (Lipinski definition) is 3. The van der Waals surface area contributed by atoms with Crippen LogP contribution in [0.25, 0.3) is 5.65 Å². The first-order valence-corrected chi connectivity index (χ1v) is 6.11. The minimum atomic E-state index is -0.318.